The van der Waals surface area contributed by atoms with Gasteiger partial charge in [-0.15, -0.1) is 0 Å². The Labute approximate surface area is 126 Å². The molecular weight excluding hydrogens is 317 g/mol. The third kappa shape index (κ3) is 3.59. The maximum atomic E-state index is 13.8. The zero-order valence-electron chi connectivity index (χ0n) is 10.9. The van der Waals surface area contributed by atoms with Gasteiger partial charge in [-0.2, -0.15) is 0 Å². The Hall–Kier alpha value is -1.92. The number of amides is 1. The second kappa shape index (κ2) is 5.83. The minimum atomic E-state index is -3.81. The van der Waals surface area contributed by atoms with Crippen LogP contribution >= 0.6 is 10.7 Å². The van der Waals surface area contributed by atoms with Crippen LogP contribution in [0.2, 0.25) is 0 Å². The number of carbonyl (C=O) groups is 1. The third-order valence-corrected chi connectivity index (χ3v) is 4.20. The topological polar surface area (TPSA) is 63.2 Å². The lowest BCUT2D eigenvalue weighted by Gasteiger charge is -2.07. The SMILES string of the molecule is Cc1cccc(C(=O)Nc2ccc(S(=O)(=O)Cl)cc2)c1F. The van der Waals surface area contributed by atoms with Gasteiger partial charge in [-0.25, -0.2) is 12.8 Å². The maximum absolute atomic E-state index is 13.8. The summed E-state index contributed by atoms with van der Waals surface area (Å²) in [6.07, 6.45) is 0. The average molecular weight is 328 g/mol. The normalized spacial score (nSPS) is 11.2. The predicted molar refractivity (Wildman–Crippen MR) is 78.6 cm³/mol. The summed E-state index contributed by atoms with van der Waals surface area (Å²) in [5, 5.41) is 2.49. The molecule has 0 bridgehead atoms. The number of aryl methyl sites for hydroxylation is 1. The van der Waals surface area contributed by atoms with Gasteiger partial charge in [0.15, 0.2) is 0 Å². The summed E-state index contributed by atoms with van der Waals surface area (Å²) in [5.41, 5.74) is 0.625. The first-order chi connectivity index (χ1) is 9.79. The Morgan fingerprint density at radius 3 is 2.33 bits per heavy atom. The monoisotopic (exact) mass is 327 g/mol. The fourth-order valence-electron chi connectivity index (χ4n) is 1.72. The van der Waals surface area contributed by atoms with Crippen molar-refractivity contribution < 1.29 is 17.6 Å². The largest absolute Gasteiger partial charge is 0.322 e. The minimum Gasteiger partial charge on any atom is -0.322 e. The van der Waals surface area contributed by atoms with Crippen LogP contribution in [0.4, 0.5) is 10.1 Å². The number of benzene rings is 2. The molecule has 0 spiro atoms. The summed E-state index contributed by atoms with van der Waals surface area (Å²) in [4.78, 5) is 11.9. The summed E-state index contributed by atoms with van der Waals surface area (Å²) in [6, 6.07) is 9.77. The van der Waals surface area contributed by atoms with Gasteiger partial charge in [0.2, 0.25) is 0 Å². The van der Waals surface area contributed by atoms with Gasteiger partial charge < -0.3 is 5.32 Å². The van der Waals surface area contributed by atoms with Crippen LogP contribution in [0, 0.1) is 12.7 Å². The van der Waals surface area contributed by atoms with Crippen LogP contribution in [0.3, 0.4) is 0 Å². The molecule has 2 aromatic rings. The number of anilines is 1. The molecule has 0 atom stereocenters. The Balaban J connectivity index is 2.22. The van der Waals surface area contributed by atoms with Crippen molar-refractivity contribution in [2.45, 2.75) is 11.8 Å². The van der Waals surface area contributed by atoms with Crippen molar-refractivity contribution >= 4 is 31.3 Å². The molecule has 7 heteroatoms. The second-order valence-electron chi connectivity index (χ2n) is 4.35. The van der Waals surface area contributed by atoms with E-state index in [1.54, 1.807) is 19.1 Å². The van der Waals surface area contributed by atoms with E-state index < -0.39 is 20.8 Å². The van der Waals surface area contributed by atoms with Crippen LogP contribution in [-0.2, 0) is 9.05 Å². The van der Waals surface area contributed by atoms with Crippen molar-refractivity contribution in [3.63, 3.8) is 0 Å². The Kier molecular flexibility index (Phi) is 4.29. The minimum absolute atomic E-state index is 0.0796. The van der Waals surface area contributed by atoms with Gasteiger partial charge >= 0.3 is 0 Å². The first-order valence-electron chi connectivity index (χ1n) is 5.90. The molecular formula is C14H11ClFNO3S. The summed E-state index contributed by atoms with van der Waals surface area (Å²) < 4.78 is 36.0. The molecule has 0 radical (unpaired) electrons. The van der Waals surface area contributed by atoms with E-state index in [0.717, 1.165) is 0 Å². The number of halogens is 2. The molecule has 1 N–H and O–H groups in total. The van der Waals surface area contributed by atoms with Crippen molar-refractivity contribution in [3.8, 4) is 0 Å². The van der Waals surface area contributed by atoms with E-state index in [9.17, 15) is 17.6 Å². The number of rotatable bonds is 3. The van der Waals surface area contributed by atoms with Crippen molar-refractivity contribution in [1.29, 1.82) is 0 Å². The Bertz CT molecular complexity index is 788. The van der Waals surface area contributed by atoms with Crippen LogP contribution in [-0.4, -0.2) is 14.3 Å². The predicted octanol–water partition coefficient (Wildman–Crippen LogP) is 3.31. The first-order valence-corrected chi connectivity index (χ1v) is 8.21. The molecule has 4 nitrogen and oxygen atoms in total. The van der Waals surface area contributed by atoms with Crippen LogP contribution in [0.25, 0.3) is 0 Å². The highest BCUT2D eigenvalue weighted by molar-refractivity contribution is 8.13. The molecule has 0 saturated heterocycles. The fourth-order valence-corrected chi connectivity index (χ4v) is 2.49. The average Bonchev–Trinajstić information content (AvgIpc) is 2.41. The van der Waals surface area contributed by atoms with E-state index in [0.29, 0.717) is 11.3 Å². The van der Waals surface area contributed by atoms with E-state index in [2.05, 4.69) is 5.32 Å². The molecule has 0 aromatic heterocycles. The lowest BCUT2D eigenvalue weighted by Crippen LogP contribution is -2.14. The Morgan fingerprint density at radius 1 is 1.14 bits per heavy atom. The summed E-state index contributed by atoms with van der Waals surface area (Å²) in [7, 11) is 1.37. The fraction of sp³-hybridized carbons (Fsp3) is 0.0714. The van der Waals surface area contributed by atoms with Gasteiger partial charge in [0.1, 0.15) is 5.82 Å². The number of carbonyl (C=O) groups excluding carboxylic acids is 1. The van der Waals surface area contributed by atoms with Gasteiger partial charge in [0.25, 0.3) is 15.0 Å². The molecule has 0 saturated carbocycles. The van der Waals surface area contributed by atoms with Crippen molar-refractivity contribution in [1.82, 2.24) is 0 Å². The highest BCUT2D eigenvalue weighted by Gasteiger charge is 2.14. The van der Waals surface area contributed by atoms with Crippen molar-refractivity contribution in [2.75, 3.05) is 5.32 Å². The molecule has 0 aliphatic carbocycles. The molecule has 0 unspecified atom stereocenters. The zero-order valence-corrected chi connectivity index (χ0v) is 12.5. The maximum Gasteiger partial charge on any atom is 0.261 e. The molecule has 1 amide bonds. The van der Waals surface area contributed by atoms with E-state index in [1.165, 1.54) is 30.3 Å². The third-order valence-electron chi connectivity index (χ3n) is 2.83. The highest BCUT2D eigenvalue weighted by atomic mass is 35.7. The van der Waals surface area contributed by atoms with E-state index in [-0.39, 0.29) is 10.5 Å². The van der Waals surface area contributed by atoms with E-state index in [4.69, 9.17) is 10.7 Å². The molecule has 21 heavy (non-hydrogen) atoms. The van der Waals surface area contributed by atoms with E-state index >= 15 is 0 Å². The van der Waals surface area contributed by atoms with Gasteiger partial charge in [0, 0.05) is 16.4 Å². The quantitative estimate of drug-likeness (QED) is 0.880. The lowest BCUT2D eigenvalue weighted by atomic mass is 10.1. The van der Waals surface area contributed by atoms with Gasteiger partial charge in [-0.3, -0.25) is 4.79 Å². The molecule has 0 aliphatic rings. The van der Waals surface area contributed by atoms with Crippen LogP contribution < -0.4 is 5.32 Å². The summed E-state index contributed by atoms with van der Waals surface area (Å²) >= 11 is 0. The van der Waals surface area contributed by atoms with Crippen LogP contribution in [0.15, 0.2) is 47.4 Å². The standard InChI is InChI=1S/C14H11ClFNO3S/c1-9-3-2-4-12(13(9)16)14(18)17-10-5-7-11(8-6-10)21(15,19)20/h2-8H,1H3,(H,17,18). The molecule has 2 aromatic carbocycles. The van der Waals surface area contributed by atoms with Crippen LogP contribution in [0.1, 0.15) is 15.9 Å². The lowest BCUT2D eigenvalue weighted by molar-refractivity contribution is 0.102. The summed E-state index contributed by atoms with van der Waals surface area (Å²) in [5.74, 6) is -1.20. The molecule has 0 heterocycles. The highest BCUT2D eigenvalue weighted by Crippen LogP contribution is 2.19. The molecule has 110 valence electrons. The first kappa shape index (κ1) is 15.5. The van der Waals surface area contributed by atoms with Crippen molar-refractivity contribution in [2.24, 2.45) is 0 Å². The zero-order chi connectivity index (χ0) is 15.6. The van der Waals surface area contributed by atoms with Crippen molar-refractivity contribution in [3.05, 3.63) is 59.4 Å². The van der Waals surface area contributed by atoms with Crippen LogP contribution in [0.5, 0.6) is 0 Å². The van der Waals surface area contributed by atoms with E-state index in [1.807, 2.05) is 0 Å². The van der Waals surface area contributed by atoms with Gasteiger partial charge in [-0.1, -0.05) is 12.1 Å². The molecule has 0 fully saturated rings. The number of nitrogens with one attached hydrogen (secondary N) is 1. The number of hydrogen-bond acceptors (Lipinski definition) is 3. The molecule has 2 rings (SSSR count). The van der Waals surface area contributed by atoms with Gasteiger partial charge in [-0.05, 0) is 42.8 Å². The summed E-state index contributed by atoms with van der Waals surface area (Å²) in [6.45, 7) is 1.56. The number of hydrogen-bond donors (Lipinski definition) is 1. The second-order valence-corrected chi connectivity index (χ2v) is 6.92. The molecule has 0 aliphatic heterocycles. The van der Waals surface area contributed by atoms with Gasteiger partial charge in [0.05, 0.1) is 10.5 Å². The Morgan fingerprint density at radius 2 is 1.76 bits per heavy atom. The smallest absolute Gasteiger partial charge is 0.261 e.